The van der Waals surface area contributed by atoms with Crippen molar-refractivity contribution in [2.24, 2.45) is 0 Å². The summed E-state index contributed by atoms with van der Waals surface area (Å²) in [5.41, 5.74) is 2.40. The molecule has 0 saturated heterocycles. The van der Waals surface area contributed by atoms with Crippen LogP contribution in [-0.4, -0.2) is 30.2 Å². The highest BCUT2D eigenvalue weighted by atomic mass is 32.2. The lowest BCUT2D eigenvalue weighted by molar-refractivity contribution is 0.453. The average Bonchev–Trinajstić information content (AvgIpc) is 3.17. The van der Waals surface area contributed by atoms with Gasteiger partial charge >= 0.3 is 0 Å². The molecule has 0 aliphatic carbocycles. The average molecular weight is 296 g/mol. The quantitative estimate of drug-likeness (QED) is 0.573. The molecule has 21 heavy (non-hydrogen) atoms. The van der Waals surface area contributed by atoms with Crippen LogP contribution in [0.15, 0.2) is 63.4 Å². The Kier molecular flexibility index (Phi) is 2.86. The molecule has 0 N–H and O–H groups in total. The zero-order valence-electron chi connectivity index (χ0n) is 10.6. The van der Waals surface area contributed by atoms with Gasteiger partial charge in [0.2, 0.25) is 0 Å². The Labute approximate surface area is 123 Å². The minimum absolute atomic E-state index is 0.522. The first kappa shape index (κ1) is 12.0. The molecule has 0 bridgehead atoms. The first-order chi connectivity index (χ1) is 10.4. The normalized spacial score (nSPS) is 11.0. The van der Waals surface area contributed by atoms with E-state index >= 15 is 0 Å². The Bertz CT molecular complexity index is 888. The lowest BCUT2D eigenvalue weighted by Crippen LogP contribution is -1.95. The summed E-state index contributed by atoms with van der Waals surface area (Å²) in [7, 11) is 0. The van der Waals surface area contributed by atoms with Crippen molar-refractivity contribution in [3.05, 3.63) is 48.7 Å². The van der Waals surface area contributed by atoms with Gasteiger partial charge in [-0.05, 0) is 34.3 Å². The van der Waals surface area contributed by atoms with Gasteiger partial charge in [-0.3, -0.25) is 0 Å². The smallest absolute Gasteiger partial charge is 0.262 e. The van der Waals surface area contributed by atoms with Crippen LogP contribution in [0.25, 0.3) is 16.9 Å². The molecule has 0 fully saturated rings. The number of fused-ring (bicyclic) bond motifs is 1. The van der Waals surface area contributed by atoms with Crippen LogP contribution in [0.4, 0.5) is 0 Å². The summed E-state index contributed by atoms with van der Waals surface area (Å²) in [6.45, 7) is 0. The molecule has 7 nitrogen and oxygen atoms in total. The number of benzene rings is 1. The minimum Gasteiger partial charge on any atom is -0.439 e. The van der Waals surface area contributed by atoms with Gasteiger partial charge in [0.15, 0.2) is 5.65 Å². The second-order valence-corrected chi connectivity index (χ2v) is 5.14. The van der Waals surface area contributed by atoms with E-state index in [2.05, 4.69) is 25.6 Å². The van der Waals surface area contributed by atoms with Crippen molar-refractivity contribution in [3.8, 4) is 11.3 Å². The maximum atomic E-state index is 5.47. The van der Waals surface area contributed by atoms with Crippen molar-refractivity contribution < 1.29 is 4.42 Å². The van der Waals surface area contributed by atoms with E-state index in [1.54, 1.807) is 12.3 Å². The van der Waals surface area contributed by atoms with Gasteiger partial charge in [-0.1, -0.05) is 30.3 Å². The zero-order chi connectivity index (χ0) is 14.1. The molecule has 3 heterocycles. The predicted molar refractivity (Wildman–Crippen MR) is 74.6 cm³/mol. The van der Waals surface area contributed by atoms with E-state index in [4.69, 9.17) is 4.42 Å². The molecule has 0 saturated carbocycles. The van der Waals surface area contributed by atoms with Crippen molar-refractivity contribution in [2.45, 2.75) is 10.2 Å². The molecule has 102 valence electrons. The number of nitrogens with zero attached hydrogens (tertiary/aromatic N) is 6. The number of tetrazole rings is 1. The monoisotopic (exact) mass is 296 g/mol. The van der Waals surface area contributed by atoms with E-state index in [9.17, 15) is 0 Å². The maximum absolute atomic E-state index is 5.47. The van der Waals surface area contributed by atoms with Crippen LogP contribution in [0.2, 0.25) is 0 Å². The number of rotatable bonds is 3. The summed E-state index contributed by atoms with van der Waals surface area (Å²) in [5, 5.41) is 16.6. The van der Waals surface area contributed by atoms with E-state index in [1.165, 1.54) is 16.4 Å². The minimum atomic E-state index is 0.522. The highest BCUT2D eigenvalue weighted by Crippen LogP contribution is 2.28. The highest BCUT2D eigenvalue weighted by Gasteiger charge is 2.09. The van der Waals surface area contributed by atoms with Crippen LogP contribution >= 0.6 is 11.8 Å². The number of oxazole rings is 1. The van der Waals surface area contributed by atoms with Crippen LogP contribution in [0.1, 0.15) is 0 Å². The number of aromatic nitrogens is 6. The third kappa shape index (κ3) is 2.36. The molecule has 0 unspecified atom stereocenters. The van der Waals surface area contributed by atoms with Gasteiger partial charge in [-0.2, -0.15) is 0 Å². The summed E-state index contributed by atoms with van der Waals surface area (Å²) in [6, 6.07) is 13.5. The fraction of sp³-hybridized carbons (Fsp3) is 0. The summed E-state index contributed by atoms with van der Waals surface area (Å²) >= 11 is 1.32. The second-order valence-electron chi connectivity index (χ2n) is 4.16. The van der Waals surface area contributed by atoms with Gasteiger partial charge in [0.25, 0.3) is 5.22 Å². The van der Waals surface area contributed by atoms with Crippen LogP contribution in [0.5, 0.6) is 0 Å². The molecular formula is C13H8N6OS. The Morgan fingerprint density at radius 2 is 1.95 bits per heavy atom. The molecule has 3 aromatic heterocycles. The third-order valence-corrected chi connectivity index (χ3v) is 3.58. The second kappa shape index (κ2) is 4.98. The lowest BCUT2D eigenvalue weighted by atomic mass is 10.2. The van der Waals surface area contributed by atoms with E-state index in [0.29, 0.717) is 15.9 Å². The van der Waals surface area contributed by atoms with Crippen LogP contribution in [-0.2, 0) is 0 Å². The maximum Gasteiger partial charge on any atom is 0.262 e. The van der Waals surface area contributed by atoms with Gasteiger partial charge in [-0.15, -0.1) is 14.8 Å². The van der Waals surface area contributed by atoms with E-state index in [1.807, 2.05) is 36.4 Å². The van der Waals surface area contributed by atoms with Crippen molar-refractivity contribution in [3.63, 3.8) is 0 Å². The standard InChI is InChI=1S/C13H8N6OS/c1-2-4-9(5-3-1)10-8-20-13(14-10)21-12-7-6-11-15-17-18-19(11)16-12/h1-8H. The summed E-state index contributed by atoms with van der Waals surface area (Å²) in [5.74, 6) is 0. The number of hydrogen-bond acceptors (Lipinski definition) is 7. The molecular weight excluding hydrogens is 288 g/mol. The van der Waals surface area contributed by atoms with Gasteiger partial charge in [0.05, 0.1) is 0 Å². The Balaban J connectivity index is 1.61. The topological polar surface area (TPSA) is 82.0 Å². The number of hydrogen-bond donors (Lipinski definition) is 0. The summed E-state index contributed by atoms with van der Waals surface area (Å²) in [4.78, 5) is 4.44. The van der Waals surface area contributed by atoms with Crippen molar-refractivity contribution >= 4 is 17.4 Å². The van der Waals surface area contributed by atoms with E-state index < -0.39 is 0 Å². The zero-order valence-corrected chi connectivity index (χ0v) is 11.4. The van der Waals surface area contributed by atoms with Crippen molar-refractivity contribution in [1.82, 2.24) is 30.2 Å². The highest BCUT2D eigenvalue weighted by molar-refractivity contribution is 7.99. The van der Waals surface area contributed by atoms with Crippen LogP contribution < -0.4 is 0 Å². The van der Waals surface area contributed by atoms with Gasteiger partial charge in [0.1, 0.15) is 17.0 Å². The van der Waals surface area contributed by atoms with E-state index in [-0.39, 0.29) is 0 Å². The Morgan fingerprint density at radius 1 is 1.05 bits per heavy atom. The molecule has 0 amide bonds. The third-order valence-electron chi connectivity index (χ3n) is 2.79. The van der Waals surface area contributed by atoms with Crippen molar-refractivity contribution in [2.75, 3.05) is 0 Å². The van der Waals surface area contributed by atoms with Gasteiger partial charge < -0.3 is 4.42 Å². The Hall–Kier alpha value is -2.74. The largest absolute Gasteiger partial charge is 0.439 e. The Morgan fingerprint density at radius 3 is 2.86 bits per heavy atom. The molecule has 0 spiro atoms. The van der Waals surface area contributed by atoms with E-state index in [0.717, 1.165) is 11.3 Å². The van der Waals surface area contributed by atoms with Gasteiger partial charge in [0, 0.05) is 5.56 Å². The first-order valence-electron chi connectivity index (χ1n) is 6.13. The molecule has 0 aliphatic rings. The first-order valence-corrected chi connectivity index (χ1v) is 6.94. The fourth-order valence-electron chi connectivity index (χ4n) is 1.82. The predicted octanol–water partition coefficient (Wildman–Crippen LogP) is 2.33. The van der Waals surface area contributed by atoms with Crippen molar-refractivity contribution in [1.29, 1.82) is 0 Å². The summed E-state index contributed by atoms with van der Waals surface area (Å²) in [6.07, 6.45) is 1.63. The molecule has 0 atom stereocenters. The molecule has 4 aromatic rings. The fourth-order valence-corrected chi connectivity index (χ4v) is 2.50. The van der Waals surface area contributed by atoms with Crippen LogP contribution in [0.3, 0.4) is 0 Å². The molecule has 0 radical (unpaired) electrons. The molecule has 1 aromatic carbocycles. The van der Waals surface area contributed by atoms with Gasteiger partial charge in [-0.25, -0.2) is 4.98 Å². The molecule has 0 aliphatic heterocycles. The molecule has 8 heteroatoms. The van der Waals surface area contributed by atoms with Crippen LogP contribution in [0, 0.1) is 0 Å². The summed E-state index contributed by atoms with van der Waals surface area (Å²) < 4.78 is 6.83. The SMILES string of the molecule is c1ccc(-c2coc(Sc3ccc4nnnn4n3)n2)cc1. The molecule has 4 rings (SSSR count). The lowest BCUT2D eigenvalue weighted by Gasteiger charge is -1.95.